The Morgan fingerprint density at radius 1 is 1.55 bits per heavy atom. The van der Waals surface area contributed by atoms with E-state index >= 15 is 0 Å². The molecule has 0 fully saturated rings. The Hall–Kier alpha value is -0.950. The van der Waals surface area contributed by atoms with Crippen molar-refractivity contribution < 1.29 is 4.79 Å². The summed E-state index contributed by atoms with van der Waals surface area (Å²) in [5, 5.41) is 3.93. The molecule has 0 aliphatic carbocycles. The molecule has 7 heteroatoms. The standard InChI is InChI=1S/C15H15BrClN3OS/c1-2-20-6-5-12-13(8-20)22-15(18-12)19-14(21)10-7-9(16)3-4-11(10)17/h3-4,7H,2,5-6,8H2,1H3,(H,18,19,21). The SMILES string of the molecule is CCN1CCc2nc(NC(=O)c3cc(Br)ccc3Cl)sc2C1. The van der Waals surface area contributed by atoms with Crippen LogP contribution in [0.2, 0.25) is 5.02 Å². The van der Waals surface area contributed by atoms with Crippen LogP contribution in [0.5, 0.6) is 0 Å². The van der Waals surface area contributed by atoms with Crippen molar-refractivity contribution in [1.82, 2.24) is 9.88 Å². The molecule has 0 saturated heterocycles. The number of likely N-dealkylation sites (N-methyl/N-ethyl adjacent to an activating group) is 1. The van der Waals surface area contributed by atoms with Crippen LogP contribution >= 0.6 is 38.9 Å². The number of aromatic nitrogens is 1. The van der Waals surface area contributed by atoms with E-state index in [0.29, 0.717) is 15.7 Å². The number of hydrogen-bond acceptors (Lipinski definition) is 4. The fourth-order valence-electron chi connectivity index (χ4n) is 2.41. The number of benzene rings is 1. The highest BCUT2D eigenvalue weighted by molar-refractivity contribution is 9.10. The van der Waals surface area contributed by atoms with Crippen LogP contribution in [0, 0.1) is 0 Å². The van der Waals surface area contributed by atoms with E-state index in [4.69, 9.17) is 11.6 Å². The van der Waals surface area contributed by atoms with E-state index in [0.717, 1.165) is 36.2 Å². The maximum Gasteiger partial charge on any atom is 0.258 e. The number of nitrogens with zero attached hydrogens (tertiary/aromatic N) is 2. The molecule has 3 rings (SSSR count). The lowest BCUT2D eigenvalue weighted by Gasteiger charge is -2.23. The van der Waals surface area contributed by atoms with Gasteiger partial charge in [0.15, 0.2) is 5.13 Å². The Kier molecular flexibility index (Phi) is 4.82. The number of anilines is 1. The van der Waals surface area contributed by atoms with Crippen molar-refractivity contribution >= 4 is 49.9 Å². The molecular weight excluding hydrogens is 386 g/mol. The van der Waals surface area contributed by atoms with Crippen molar-refractivity contribution in [2.24, 2.45) is 0 Å². The molecule has 1 aromatic carbocycles. The van der Waals surface area contributed by atoms with E-state index in [1.165, 1.54) is 4.88 Å². The van der Waals surface area contributed by atoms with Crippen molar-refractivity contribution in [2.75, 3.05) is 18.4 Å². The minimum atomic E-state index is -0.232. The Balaban J connectivity index is 1.78. The highest BCUT2D eigenvalue weighted by Gasteiger charge is 2.21. The van der Waals surface area contributed by atoms with Crippen molar-refractivity contribution in [2.45, 2.75) is 19.9 Å². The van der Waals surface area contributed by atoms with Gasteiger partial charge >= 0.3 is 0 Å². The maximum absolute atomic E-state index is 12.4. The van der Waals surface area contributed by atoms with Gasteiger partial charge in [0.1, 0.15) is 0 Å². The lowest BCUT2D eigenvalue weighted by Crippen LogP contribution is -2.29. The normalized spacial score (nSPS) is 14.7. The minimum Gasteiger partial charge on any atom is -0.298 e. The van der Waals surface area contributed by atoms with E-state index in [1.807, 2.05) is 0 Å². The van der Waals surface area contributed by atoms with Gasteiger partial charge in [-0.15, -0.1) is 11.3 Å². The molecule has 0 radical (unpaired) electrons. The summed E-state index contributed by atoms with van der Waals surface area (Å²) < 4.78 is 0.819. The fourth-order valence-corrected chi connectivity index (χ4v) is 4.02. The number of hydrogen-bond donors (Lipinski definition) is 1. The molecule has 22 heavy (non-hydrogen) atoms. The Bertz CT molecular complexity index is 719. The van der Waals surface area contributed by atoms with Gasteiger partial charge in [0.2, 0.25) is 0 Å². The Morgan fingerprint density at radius 2 is 2.36 bits per heavy atom. The largest absolute Gasteiger partial charge is 0.298 e. The van der Waals surface area contributed by atoms with Crippen LogP contribution in [0.15, 0.2) is 22.7 Å². The second kappa shape index (κ2) is 6.66. The zero-order valence-electron chi connectivity index (χ0n) is 12.0. The van der Waals surface area contributed by atoms with Gasteiger partial charge in [-0.3, -0.25) is 15.0 Å². The summed E-state index contributed by atoms with van der Waals surface area (Å²) in [7, 11) is 0. The van der Waals surface area contributed by atoms with Gasteiger partial charge < -0.3 is 0 Å². The summed E-state index contributed by atoms with van der Waals surface area (Å²) >= 11 is 11.0. The number of halogens is 2. The van der Waals surface area contributed by atoms with Gasteiger partial charge in [-0.2, -0.15) is 0 Å². The van der Waals surface area contributed by atoms with Gasteiger partial charge in [0, 0.05) is 28.9 Å². The molecule has 0 bridgehead atoms. The summed E-state index contributed by atoms with van der Waals surface area (Å²) in [6.07, 6.45) is 0.938. The monoisotopic (exact) mass is 399 g/mol. The topological polar surface area (TPSA) is 45.2 Å². The highest BCUT2D eigenvalue weighted by Crippen LogP contribution is 2.29. The average Bonchev–Trinajstić information content (AvgIpc) is 2.90. The van der Waals surface area contributed by atoms with Crippen LogP contribution in [-0.4, -0.2) is 28.9 Å². The zero-order chi connectivity index (χ0) is 15.7. The molecule has 1 amide bonds. The summed E-state index contributed by atoms with van der Waals surface area (Å²) in [5.41, 5.74) is 1.55. The van der Waals surface area contributed by atoms with Crippen LogP contribution in [-0.2, 0) is 13.0 Å². The second-order valence-electron chi connectivity index (χ2n) is 5.09. The highest BCUT2D eigenvalue weighted by atomic mass is 79.9. The number of fused-ring (bicyclic) bond motifs is 1. The number of amides is 1. The zero-order valence-corrected chi connectivity index (χ0v) is 15.2. The maximum atomic E-state index is 12.4. The number of rotatable bonds is 3. The van der Waals surface area contributed by atoms with Gasteiger partial charge in [0.05, 0.1) is 16.3 Å². The molecule has 1 aliphatic heterocycles. The predicted octanol–water partition coefficient (Wildman–Crippen LogP) is 4.19. The first-order valence-corrected chi connectivity index (χ1v) is 9.03. The smallest absolute Gasteiger partial charge is 0.258 e. The van der Waals surface area contributed by atoms with Crippen molar-refractivity contribution in [1.29, 1.82) is 0 Å². The van der Waals surface area contributed by atoms with E-state index in [2.05, 4.69) is 38.1 Å². The fraction of sp³-hybridized carbons (Fsp3) is 0.333. The third-order valence-corrected chi connectivity index (χ3v) is 5.47. The molecule has 0 atom stereocenters. The summed E-state index contributed by atoms with van der Waals surface area (Å²) in [4.78, 5) is 20.5. The van der Waals surface area contributed by atoms with Gasteiger partial charge in [-0.1, -0.05) is 34.5 Å². The van der Waals surface area contributed by atoms with E-state index in [1.54, 1.807) is 29.5 Å². The molecule has 1 aromatic heterocycles. The summed E-state index contributed by atoms with van der Waals surface area (Å²) in [5.74, 6) is -0.232. The molecule has 2 aromatic rings. The van der Waals surface area contributed by atoms with Crippen molar-refractivity contribution in [3.05, 3.63) is 43.8 Å². The average molecular weight is 401 g/mol. The number of carbonyl (C=O) groups is 1. The molecular formula is C15H15BrClN3OS. The molecule has 1 aliphatic rings. The van der Waals surface area contributed by atoms with Crippen LogP contribution in [0.1, 0.15) is 27.9 Å². The number of carbonyl (C=O) groups excluding carboxylic acids is 1. The molecule has 4 nitrogen and oxygen atoms in total. The first-order valence-electron chi connectivity index (χ1n) is 7.04. The van der Waals surface area contributed by atoms with Gasteiger partial charge in [-0.25, -0.2) is 4.98 Å². The Morgan fingerprint density at radius 3 is 3.14 bits per heavy atom. The third-order valence-electron chi connectivity index (χ3n) is 3.65. The van der Waals surface area contributed by atoms with Crippen LogP contribution < -0.4 is 5.32 Å². The Labute approximate surface area is 146 Å². The first kappa shape index (κ1) is 15.9. The van der Waals surface area contributed by atoms with Gasteiger partial charge in [0.25, 0.3) is 5.91 Å². The van der Waals surface area contributed by atoms with Crippen molar-refractivity contribution in [3.63, 3.8) is 0 Å². The molecule has 1 N–H and O–H groups in total. The molecule has 2 heterocycles. The van der Waals surface area contributed by atoms with E-state index in [9.17, 15) is 4.79 Å². The van der Waals surface area contributed by atoms with Crippen LogP contribution in [0.4, 0.5) is 5.13 Å². The molecule has 0 unspecified atom stereocenters. The summed E-state index contributed by atoms with van der Waals surface area (Å²) in [6, 6.07) is 5.22. The van der Waals surface area contributed by atoms with Crippen LogP contribution in [0.3, 0.4) is 0 Å². The third kappa shape index (κ3) is 3.35. The van der Waals surface area contributed by atoms with Crippen molar-refractivity contribution in [3.8, 4) is 0 Å². The lowest BCUT2D eigenvalue weighted by atomic mass is 10.2. The molecule has 0 spiro atoms. The molecule has 0 saturated carbocycles. The molecule has 116 valence electrons. The number of thiazole rings is 1. The lowest BCUT2D eigenvalue weighted by molar-refractivity contribution is 0.102. The first-order chi connectivity index (χ1) is 10.6. The minimum absolute atomic E-state index is 0.232. The quantitative estimate of drug-likeness (QED) is 0.840. The number of nitrogens with one attached hydrogen (secondary N) is 1. The summed E-state index contributed by atoms with van der Waals surface area (Å²) in [6.45, 7) is 5.13. The van der Waals surface area contributed by atoms with Crippen LogP contribution in [0.25, 0.3) is 0 Å². The predicted molar refractivity (Wildman–Crippen MR) is 93.9 cm³/mol. The van der Waals surface area contributed by atoms with E-state index < -0.39 is 0 Å². The van der Waals surface area contributed by atoms with Gasteiger partial charge in [-0.05, 0) is 24.7 Å². The van der Waals surface area contributed by atoms with E-state index in [-0.39, 0.29) is 5.91 Å². The second-order valence-corrected chi connectivity index (χ2v) is 7.49.